The fourth-order valence-corrected chi connectivity index (χ4v) is 3.31. The van der Waals surface area contributed by atoms with Gasteiger partial charge in [-0.2, -0.15) is 0 Å². The summed E-state index contributed by atoms with van der Waals surface area (Å²) >= 11 is 3.48. The van der Waals surface area contributed by atoms with Crippen LogP contribution >= 0.6 is 15.9 Å². The molecule has 0 aromatic rings. The van der Waals surface area contributed by atoms with Gasteiger partial charge in [0.1, 0.15) is 0 Å². The van der Waals surface area contributed by atoms with E-state index in [2.05, 4.69) is 27.8 Å². The molecule has 0 spiro atoms. The first-order valence-electron chi connectivity index (χ1n) is 7.61. The predicted octanol–water partition coefficient (Wildman–Crippen LogP) is 4.37. The first kappa shape index (κ1) is 16.0. The molecule has 1 rings (SSSR count). The number of alkyl halides is 1. The summed E-state index contributed by atoms with van der Waals surface area (Å²) in [5.74, 6) is 1.13. The lowest BCUT2D eigenvalue weighted by molar-refractivity contribution is -0.130. The maximum atomic E-state index is 12.0. The van der Waals surface area contributed by atoms with Crippen LogP contribution in [0.5, 0.6) is 0 Å². The molecule has 0 aromatic heterocycles. The SMILES string of the molecule is CCCCCCCCC(=O)N1CCC(CCBr)C1. The Kier molecular flexibility index (Phi) is 8.74. The smallest absolute Gasteiger partial charge is 0.222 e. The Morgan fingerprint density at radius 2 is 1.94 bits per heavy atom. The number of rotatable bonds is 9. The van der Waals surface area contributed by atoms with Crippen LogP contribution in [0.1, 0.15) is 64.7 Å². The van der Waals surface area contributed by atoms with E-state index in [1.165, 1.54) is 44.9 Å². The van der Waals surface area contributed by atoms with Crippen molar-refractivity contribution in [3.63, 3.8) is 0 Å². The predicted molar refractivity (Wildman–Crippen MR) is 81.1 cm³/mol. The number of unbranched alkanes of at least 4 members (excludes halogenated alkanes) is 5. The molecule has 1 atom stereocenters. The third-order valence-corrected chi connectivity index (χ3v) is 4.36. The van der Waals surface area contributed by atoms with Crippen molar-refractivity contribution >= 4 is 21.8 Å². The molecular formula is C15H28BrNO. The van der Waals surface area contributed by atoms with Gasteiger partial charge in [0.25, 0.3) is 0 Å². The first-order valence-corrected chi connectivity index (χ1v) is 8.73. The van der Waals surface area contributed by atoms with Crippen molar-refractivity contribution in [1.82, 2.24) is 4.90 Å². The monoisotopic (exact) mass is 317 g/mol. The lowest BCUT2D eigenvalue weighted by Crippen LogP contribution is -2.28. The van der Waals surface area contributed by atoms with E-state index < -0.39 is 0 Å². The average Bonchev–Trinajstić information content (AvgIpc) is 2.82. The van der Waals surface area contributed by atoms with Gasteiger partial charge in [-0.25, -0.2) is 0 Å². The number of carbonyl (C=O) groups is 1. The second-order valence-electron chi connectivity index (χ2n) is 5.49. The number of carbonyl (C=O) groups excluding carboxylic acids is 1. The molecule has 0 radical (unpaired) electrons. The zero-order valence-electron chi connectivity index (χ0n) is 11.8. The van der Waals surface area contributed by atoms with Crippen LogP contribution in [0, 0.1) is 5.92 Å². The molecule has 0 N–H and O–H groups in total. The highest BCUT2D eigenvalue weighted by Gasteiger charge is 2.24. The molecule has 1 amide bonds. The van der Waals surface area contributed by atoms with E-state index in [1.807, 2.05) is 0 Å². The summed E-state index contributed by atoms with van der Waals surface area (Å²) in [5, 5.41) is 1.07. The maximum absolute atomic E-state index is 12.0. The van der Waals surface area contributed by atoms with E-state index in [0.717, 1.165) is 37.2 Å². The van der Waals surface area contributed by atoms with Gasteiger partial charge in [-0.3, -0.25) is 4.79 Å². The third kappa shape index (κ3) is 6.21. The molecule has 18 heavy (non-hydrogen) atoms. The van der Waals surface area contributed by atoms with E-state index >= 15 is 0 Å². The van der Waals surface area contributed by atoms with Gasteiger partial charge in [0.15, 0.2) is 0 Å². The fraction of sp³-hybridized carbons (Fsp3) is 0.933. The molecular weight excluding hydrogens is 290 g/mol. The third-order valence-electron chi connectivity index (χ3n) is 3.90. The highest BCUT2D eigenvalue weighted by atomic mass is 79.9. The van der Waals surface area contributed by atoms with Crippen molar-refractivity contribution in [3.05, 3.63) is 0 Å². The molecule has 2 nitrogen and oxygen atoms in total. The summed E-state index contributed by atoms with van der Waals surface area (Å²) in [5.41, 5.74) is 0. The van der Waals surface area contributed by atoms with Crippen molar-refractivity contribution in [2.75, 3.05) is 18.4 Å². The van der Waals surface area contributed by atoms with Gasteiger partial charge in [0.05, 0.1) is 0 Å². The number of amides is 1. The Morgan fingerprint density at radius 3 is 2.67 bits per heavy atom. The van der Waals surface area contributed by atoms with E-state index in [1.54, 1.807) is 0 Å². The normalized spacial score (nSPS) is 19.4. The summed E-state index contributed by atoms with van der Waals surface area (Å²) in [7, 11) is 0. The number of nitrogens with zero attached hydrogens (tertiary/aromatic N) is 1. The van der Waals surface area contributed by atoms with Crippen molar-refractivity contribution in [1.29, 1.82) is 0 Å². The van der Waals surface area contributed by atoms with Crippen LogP contribution < -0.4 is 0 Å². The molecule has 0 bridgehead atoms. The molecule has 1 unspecified atom stereocenters. The summed E-state index contributed by atoms with van der Waals surface area (Å²) < 4.78 is 0. The van der Waals surface area contributed by atoms with Crippen molar-refractivity contribution in [2.45, 2.75) is 64.7 Å². The lowest BCUT2D eigenvalue weighted by Gasteiger charge is -2.16. The molecule has 0 aromatic carbocycles. The van der Waals surface area contributed by atoms with Crippen LogP contribution in [-0.2, 0) is 4.79 Å². The van der Waals surface area contributed by atoms with Crippen LogP contribution in [0.4, 0.5) is 0 Å². The fourth-order valence-electron chi connectivity index (χ4n) is 2.66. The van der Waals surface area contributed by atoms with Gasteiger partial charge in [0, 0.05) is 24.8 Å². The van der Waals surface area contributed by atoms with Gasteiger partial charge in [-0.1, -0.05) is 55.0 Å². The van der Waals surface area contributed by atoms with Gasteiger partial charge in [0.2, 0.25) is 5.91 Å². The Hall–Kier alpha value is -0.0500. The van der Waals surface area contributed by atoms with E-state index in [0.29, 0.717) is 5.91 Å². The summed E-state index contributed by atoms with van der Waals surface area (Å²) in [6.45, 7) is 4.23. The lowest BCUT2D eigenvalue weighted by atomic mass is 10.1. The summed E-state index contributed by atoms with van der Waals surface area (Å²) in [4.78, 5) is 14.1. The Balaban J connectivity index is 2.03. The highest BCUT2D eigenvalue weighted by Crippen LogP contribution is 2.21. The molecule has 1 saturated heterocycles. The molecule has 3 heteroatoms. The average molecular weight is 318 g/mol. The first-order chi connectivity index (χ1) is 8.77. The quantitative estimate of drug-likeness (QED) is 0.456. The number of halogens is 1. The Morgan fingerprint density at radius 1 is 1.22 bits per heavy atom. The molecule has 0 saturated carbocycles. The van der Waals surface area contributed by atoms with Crippen LogP contribution in [-0.4, -0.2) is 29.2 Å². The minimum absolute atomic E-state index is 0.391. The molecule has 1 heterocycles. The van der Waals surface area contributed by atoms with Crippen molar-refractivity contribution in [3.8, 4) is 0 Å². The minimum atomic E-state index is 0.391. The van der Waals surface area contributed by atoms with Crippen LogP contribution in [0.2, 0.25) is 0 Å². The van der Waals surface area contributed by atoms with Crippen LogP contribution in [0.25, 0.3) is 0 Å². The number of hydrogen-bond acceptors (Lipinski definition) is 1. The van der Waals surface area contributed by atoms with Crippen LogP contribution in [0.3, 0.4) is 0 Å². The van der Waals surface area contributed by atoms with Gasteiger partial charge >= 0.3 is 0 Å². The standard InChI is InChI=1S/C15H28BrNO/c1-2-3-4-5-6-7-8-15(18)17-12-10-14(13-17)9-11-16/h14H,2-13H2,1H3. The van der Waals surface area contributed by atoms with E-state index in [9.17, 15) is 4.79 Å². The summed E-state index contributed by atoms with van der Waals surface area (Å²) in [6, 6.07) is 0. The van der Waals surface area contributed by atoms with Crippen molar-refractivity contribution < 1.29 is 4.79 Å². The van der Waals surface area contributed by atoms with E-state index in [4.69, 9.17) is 0 Å². The topological polar surface area (TPSA) is 20.3 Å². The Labute approximate surface area is 121 Å². The zero-order chi connectivity index (χ0) is 13.2. The molecule has 106 valence electrons. The second kappa shape index (κ2) is 9.82. The van der Waals surface area contributed by atoms with Gasteiger partial charge in [-0.05, 0) is 25.2 Å². The molecule has 1 aliphatic rings. The van der Waals surface area contributed by atoms with Crippen LogP contribution in [0.15, 0.2) is 0 Å². The Bertz CT molecular complexity index is 233. The largest absolute Gasteiger partial charge is 0.342 e. The molecule has 1 aliphatic heterocycles. The molecule has 0 aliphatic carbocycles. The highest BCUT2D eigenvalue weighted by molar-refractivity contribution is 9.09. The van der Waals surface area contributed by atoms with Gasteiger partial charge in [-0.15, -0.1) is 0 Å². The summed E-state index contributed by atoms with van der Waals surface area (Å²) in [6.07, 6.45) is 10.8. The van der Waals surface area contributed by atoms with E-state index in [-0.39, 0.29) is 0 Å². The van der Waals surface area contributed by atoms with Crippen molar-refractivity contribution in [2.24, 2.45) is 5.92 Å². The van der Waals surface area contributed by atoms with Gasteiger partial charge < -0.3 is 4.90 Å². The minimum Gasteiger partial charge on any atom is -0.342 e. The number of likely N-dealkylation sites (tertiary alicyclic amines) is 1. The number of hydrogen-bond donors (Lipinski definition) is 0. The maximum Gasteiger partial charge on any atom is 0.222 e. The zero-order valence-corrected chi connectivity index (χ0v) is 13.4. The molecule has 1 fully saturated rings. The second-order valence-corrected chi connectivity index (χ2v) is 6.28.